The maximum Gasteiger partial charge on any atom is 0.149 e. The van der Waals surface area contributed by atoms with Gasteiger partial charge in [-0.25, -0.2) is 4.21 Å². The van der Waals surface area contributed by atoms with Gasteiger partial charge >= 0.3 is 0 Å². The molecule has 0 aliphatic heterocycles. The molecule has 0 aromatic heterocycles. The Morgan fingerprint density at radius 1 is 1.44 bits per heavy atom. The Morgan fingerprint density at radius 3 is 1.67 bits per heavy atom. The van der Waals surface area contributed by atoms with Gasteiger partial charge in [-0.2, -0.15) is 0 Å². The van der Waals surface area contributed by atoms with Crippen molar-refractivity contribution in [1.82, 2.24) is 5.32 Å². The van der Waals surface area contributed by atoms with E-state index in [1.165, 1.54) is 6.26 Å². The van der Waals surface area contributed by atoms with Crippen LogP contribution < -0.4 is 5.32 Å². The molecule has 1 atom stereocenters. The molecule has 0 radical (unpaired) electrons. The fourth-order valence-electron chi connectivity index (χ4n) is 0.250. The highest BCUT2D eigenvalue weighted by atomic mass is 32.2. The average Bonchev–Trinajstić information content (AvgIpc) is 1.66. The minimum atomic E-state index is -1.61. The van der Waals surface area contributed by atoms with E-state index in [0.717, 1.165) is 13.1 Å². The lowest BCUT2D eigenvalue weighted by atomic mass is 10.7. The van der Waals surface area contributed by atoms with Gasteiger partial charge in [-0.05, 0) is 13.1 Å². The largest absolute Gasteiger partial charge is 0.317 e. The van der Waals surface area contributed by atoms with Crippen LogP contribution in [0.25, 0.3) is 0 Å². The molecule has 0 bridgehead atoms. The lowest BCUT2D eigenvalue weighted by molar-refractivity contribution is 0.571. The van der Waals surface area contributed by atoms with E-state index in [1.54, 1.807) is 0 Å². The summed E-state index contributed by atoms with van der Waals surface area (Å²) in [5.74, 6) is 0. The highest BCUT2D eigenvalue weighted by Crippen LogP contribution is 1.47. The summed E-state index contributed by atoms with van der Waals surface area (Å²) < 4.78 is 16.6. The molecule has 0 fully saturated rings. The van der Waals surface area contributed by atoms with E-state index in [-0.39, 0.29) is 0 Å². The van der Waals surface area contributed by atoms with Crippen molar-refractivity contribution in [1.29, 1.82) is 0 Å². The molecule has 0 heterocycles. The molecule has 4 heteroatoms. The van der Waals surface area contributed by atoms with Crippen molar-refractivity contribution in [2.24, 2.45) is 0 Å². The lowest BCUT2D eigenvalue weighted by Crippen LogP contribution is -2.09. The smallest absolute Gasteiger partial charge is 0.149 e. The second kappa shape index (κ2) is 10.9. The molecule has 3 nitrogen and oxygen atoms in total. The topological polar surface area (TPSA) is 49.3 Å². The van der Waals surface area contributed by atoms with Crippen LogP contribution in [0.3, 0.4) is 0 Å². The molecule has 9 heavy (non-hydrogen) atoms. The molecule has 0 aromatic rings. The van der Waals surface area contributed by atoms with Crippen molar-refractivity contribution >= 4 is 11.1 Å². The van der Waals surface area contributed by atoms with E-state index in [0.29, 0.717) is 0 Å². The summed E-state index contributed by atoms with van der Waals surface area (Å²) in [4.78, 5) is 0. The Hall–Kier alpha value is 0.0700. The monoisotopic (exact) mass is 153 g/mol. The molecule has 1 unspecified atom stereocenters. The molecule has 58 valence electrons. The van der Waals surface area contributed by atoms with Crippen LogP contribution in [0.1, 0.15) is 13.8 Å². The standard InChI is InChI=1S/C4H11N.CH4O2S/c1-3-5-4-2;1-4(2)3/h5H,3-4H2,1-2H3;1H3,(H,2,3). The van der Waals surface area contributed by atoms with Gasteiger partial charge in [-0.3, -0.25) is 0 Å². The molecule has 0 aliphatic rings. The maximum atomic E-state index is 9.11. The summed E-state index contributed by atoms with van der Waals surface area (Å²) in [6.07, 6.45) is 1.19. The maximum absolute atomic E-state index is 9.11. The summed E-state index contributed by atoms with van der Waals surface area (Å²) in [6.45, 7) is 6.39. The van der Waals surface area contributed by atoms with Crippen molar-refractivity contribution in [3.05, 3.63) is 0 Å². The van der Waals surface area contributed by atoms with Crippen LogP contribution in [0.15, 0.2) is 0 Å². The first kappa shape index (κ1) is 11.8. The van der Waals surface area contributed by atoms with Gasteiger partial charge in [0.15, 0.2) is 0 Å². The second-order valence-corrected chi connectivity index (χ2v) is 2.23. The highest BCUT2D eigenvalue weighted by molar-refractivity contribution is 7.78. The number of hydrogen-bond acceptors (Lipinski definition) is 2. The summed E-state index contributed by atoms with van der Waals surface area (Å²) in [7, 11) is 0. The lowest BCUT2D eigenvalue weighted by Gasteiger charge is -1.86. The molecule has 0 rings (SSSR count). The van der Waals surface area contributed by atoms with Gasteiger partial charge in [-0.15, -0.1) is 0 Å². The van der Waals surface area contributed by atoms with Gasteiger partial charge in [0, 0.05) is 6.26 Å². The fraction of sp³-hybridized carbons (Fsp3) is 1.00. The third-order valence-corrected chi connectivity index (χ3v) is 0.500. The molecule has 0 saturated carbocycles. The zero-order valence-electron chi connectivity index (χ0n) is 6.18. The molecule has 0 saturated heterocycles. The third kappa shape index (κ3) is 69.4. The van der Waals surface area contributed by atoms with Crippen molar-refractivity contribution < 1.29 is 8.76 Å². The van der Waals surface area contributed by atoms with Crippen LogP contribution in [-0.2, 0) is 11.1 Å². The summed E-state index contributed by atoms with van der Waals surface area (Å²) >= 11 is -1.61. The van der Waals surface area contributed by atoms with Gasteiger partial charge in [0.05, 0.1) is 0 Å². The van der Waals surface area contributed by atoms with Gasteiger partial charge in [0.1, 0.15) is 11.1 Å². The Morgan fingerprint density at radius 2 is 1.67 bits per heavy atom. The van der Waals surface area contributed by atoms with E-state index in [4.69, 9.17) is 8.76 Å². The Balaban J connectivity index is 0. The third-order valence-electron chi connectivity index (χ3n) is 0.500. The number of rotatable bonds is 2. The second-order valence-electron chi connectivity index (χ2n) is 1.38. The molecule has 2 N–H and O–H groups in total. The average molecular weight is 153 g/mol. The minimum absolute atomic E-state index is 1.09. The van der Waals surface area contributed by atoms with E-state index >= 15 is 0 Å². The number of hydrogen-bond donors (Lipinski definition) is 2. The van der Waals surface area contributed by atoms with E-state index in [9.17, 15) is 0 Å². The van der Waals surface area contributed by atoms with Crippen LogP contribution in [-0.4, -0.2) is 28.1 Å². The molecule has 0 aliphatic carbocycles. The molecule has 0 amide bonds. The molecular formula is C5H15NO2S. The van der Waals surface area contributed by atoms with Crippen molar-refractivity contribution in [2.75, 3.05) is 19.3 Å². The normalized spacial score (nSPS) is 11.6. The van der Waals surface area contributed by atoms with Crippen molar-refractivity contribution in [3.63, 3.8) is 0 Å². The SMILES string of the molecule is CCNCC.CS(=O)O. The zero-order valence-corrected chi connectivity index (χ0v) is 6.99. The van der Waals surface area contributed by atoms with E-state index < -0.39 is 11.1 Å². The Kier molecular flexibility index (Phi) is 14.4. The quantitative estimate of drug-likeness (QED) is 0.566. The van der Waals surface area contributed by atoms with E-state index in [2.05, 4.69) is 19.2 Å². The molecule has 0 spiro atoms. The van der Waals surface area contributed by atoms with Crippen LogP contribution in [0, 0.1) is 0 Å². The van der Waals surface area contributed by atoms with E-state index in [1.807, 2.05) is 0 Å². The fourth-order valence-corrected chi connectivity index (χ4v) is 0.250. The summed E-state index contributed by atoms with van der Waals surface area (Å²) in [5, 5.41) is 3.11. The Bertz CT molecular complexity index is 62.0. The van der Waals surface area contributed by atoms with Crippen LogP contribution >= 0.6 is 0 Å². The zero-order chi connectivity index (χ0) is 7.70. The van der Waals surface area contributed by atoms with Crippen LogP contribution in [0.2, 0.25) is 0 Å². The predicted octanol–water partition coefficient (Wildman–Crippen LogP) is 0.454. The van der Waals surface area contributed by atoms with Crippen LogP contribution in [0.5, 0.6) is 0 Å². The van der Waals surface area contributed by atoms with Gasteiger partial charge in [-0.1, -0.05) is 13.8 Å². The van der Waals surface area contributed by atoms with Gasteiger partial charge in [0.2, 0.25) is 0 Å². The number of nitrogens with one attached hydrogen (secondary N) is 1. The minimum Gasteiger partial charge on any atom is -0.317 e. The first-order valence-corrected chi connectivity index (χ1v) is 4.39. The van der Waals surface area contributed by atoms with Gasteiger partial charge in [0.25, 0.3) is 0 Å². The first-order chi connectivity index (χ1) is 4.15. The summed E-state index contributed by atoms with van der Waals surface area (Å²) in [6, 6.07) is 0. The first-order valence-electron chi connectivity index (χ1n) is 2.88. The molecule has 0 aromatic carbocycles. The van der Waals surface area contributed by atoms with Crippen LogP contribution in [0.4, 0.5) is 0 Å². The van der Waals surface area contributed by atoms with Crippen molar-refractivity contribution in [2.45, 2.75) is 13.8 Å². The highest BCUT2D eigenvalue weighted by Gasteiger charge is 1.62. The Labute approximate surface area is 59.1 Å². The predicted molar refractivity (Wildman–Crippen MR) is 40.9 cm³/mol. The summed E-state index contributed by atoms with van der Waals surface area (Å²) in [5.41, 5.74) is 0. The van der Waals surface area contributed by atoms with Gasteiger partial charge < -0.3 is 9.87 Å². The van der Waals surface area contributed by atoms with Crippen molar-refractivity contribution in [3.8, 4) is 0 Å². The molecular weight excluding hydrogens is 138 g/mol.